The fourth-order valence-electron chi connectivity index (χ4n) is 5.86. The Morgan fingerprint density at radius 2 is 1.87 bits per heavy atom. The van der Waals surface area contributed by atoms with Crippen LogP contribution in [0.5, 0.6) is 5.75 Å². The average Bonchev–Trinajstić information content (AvgIpc) is 2.79. The number of phenolic OH excluding ortho intramolecular Hbond substituents is 1. The van der Waals surface area contributed by atoms with Crippen LogP contribution in [0.2, 0.25) is 0 Å². The van der Waals surface area contributed by atoms with Gasteiger partial charge in [0.1, 0.15) is 22.8 Å². The van der Waals surface area contributed by atoms with E-state index in [9.17, 15) is 48.0 Å². The number of hydrogen-bond donors (Lipinski definition) is 6. The smallest absolute Gasteiger partial charge is 0.390 e. The van der Waals surface area contributed by atoms with Gasteiger partial charge in [-0.1, -0.05) is 12.1 Å². The van der Waals surface area contributed by atoms with E-state index in [0.29, 0.717) is 5.56 Å². The highest BCUT2D eigenvalue weighted by Gasteiger charge is 2.63. The van der Waals surface area contributed by atoms with Gasteiger partial charge in [0.15, 0.2) is 11.4 Å². The van der Waals surface area contributed by atoms with E-state index in [-0.39, 0.29) is 36.1 Å². The quantitative estimate of drug-likeness (QED) is 0.229. The Hall–Kier alpha value is -3.42. The van der Waals surface area contributed by atoms with Crippen LogP contribution < -0.4 is 11.1 Å². The lowest BCUT2D eigenvalue weighted by Crippen LogP contribution is -2.63. The number of nitrogens with zero attached hydrogens (tertiary/aromatic N) is 1. The molecule has 13 heteroatoms. The van der Waals surface area contributed by atoms with Gasteiger partial charge in [-0.25, -0.2) is 0 Å². The number of primary amides is 1. The number of phenols is 1. The number of benzene rings is 1. The average molecular weight is 540 g/mol. The minimum atomic E-state index is -4.36. The normalized spacial score (nSPS) is 27.4. The number of alkyl halides is 3. The monoisotopic (exact) mass is 539 g/mol. The third-order valence-corrected chi connectivity index (χ3v) is 7.58. The number of hydrogen-bond acceptors (Lipinski definition) is 9. The van der Waals surface area contributed by atoms with E-state index in [1.807, 2.05) is 0 Å². The lowest BCUT2D eigenvalue weighted by molar-refractivity contribution is -0.148. The number of allylic oxidation sites excluding steroid dienone is 1. The molecular formula is C25H28F3N3O7. The minimum absolute atomic E-state index is 0.0345. The first-order valence-electron chi connectivity index (χ1n) is 11.9. The first-order chi connectivity index (χ1) is 17.6. The second kappa shape index (κ2) is 9.40. The SMILES string of the molecule is CN(C)[C@H]1C(O)=C(C(N)=O)C(=O)[C@@]2(O)C(O)=C3C(=O)c4c(ccc(CNCCC(F)(F)F)c4O)C[C@H]3C[C@@H]12. The van der Waals surface area contributed by atoms with Gasteiger partial charge in [0.05, 0.1) is 18.0 Å². The number of aromatic hydroxyl groups is 1. The number of amides is 1. The number of halogens is 3. The Morgan fingerprint density at radius 3 is 2.45 bits per heavy atom. The summed E-state index contributed by atoms with van der Waals surface area (Å²) in [6.07, 6.45) is -5.35. The number of nitrogens with two attached hydrogens (primary N) is 1. The summed E-state index contributed by atoms with van der Waals surface area (Å²) < 4.78 is 37.2. The Morgan fingerprint density at radius 1 is 1.21 bits per heavy atom. The van der Waals surface area contributed by atoms with E-state index < -0.39 is 82.9 Å². The maximum Gasteiger partial charge on any atom is 0.390 e. The highest BCUT2D eigenvalue weighted by Crippen LogP contribution is 2.52. The number of fused-ring (bicyclic) bond motifs is 3. The van der Waals surface area contributed by atoms with Gasteiger partial charge in [-0.05, 0) is 38.4 Å². The fraction of sp³-hybridized carbons (Fsp3) is 0.480. The summed E-state index contributed by atoms with van der Waals surface area (Å²) in [6, 6.07) is 1.95. The van der Waals surface area contributed by atoms with Crippen molar-refractivity contribution in [2.75, 3.05) is 20.6 Å². The van der Waals surface area contributed by atoms with E-state index in [0.717, 1.165) is 0 Å². The van der Waals surface area contributed by atoms with Gasteiger partial charge in [-0.15, -0.1) is 0 Å². The molecule has 0 unspecified atom stereocenters. The molecule has 0 radical (unpaired) electrons. The molecule has 0 saturated heterocycles. The number of ketones is 2. The molecule has 0 aromatic heterocycles. The molecule has 0 heterocycles. The molecule has 4 atom stereocenters. The predicted molar refractivity (Wildman–Crippen MR) is 126 cm³/mol. The Labute approximate surface area is 215 Å². The maximum atomic E-state index is 13.6. The summed E-state index contributed by atoms with van der Waals surface area (Å²) in [5.74, 6) is -7.45. The van der Waals surface area contributed by atoms with Crippen LogP contribution in [-0.4, -0.2) is 81.3 Å². The number of Topliss-reactive ketones (excluding diaryl/α,β-unsaturated/α-hetero) is 2. The second-order valence-corrected chi connectivity index (χ2v) is 10.1. The van der Waals surface area contributed by atoms with E-state index in [1.54, 1.807) is 6.07 Å². The van der Waals surface area contributed by atoms with Crippen molar-refractivity contribution in [3.63, 3.8) is 0 Å². The molecule has 1 aromatic carbocycles. The van der Waals surface area contributed by atoms with E-state index >= 15 is 0 Å². The zero-order valence-electron chi connectivity index (χ0n) is 20.6. The minimum Gasteiger partial charge on any atom is -0.510 e. The number of carbonyl (C=O) groups is 3. The standard InChI is InChI=1S/C25H28F3N3O7/c1-31(2)17-13-8-12-7-10-3-4-11(9-30-6-5-24(26,27)28)18(32)14(10)19(33)15(12)21(35)25(13,38)22(36)16(20(17)34)23(29)37/h3-4,12-13,17,30,32,34-35,38H,5-9H2,1-2H3,(H2,29,37)/t12-,13-,17+,25-/m0/s1. The largest absolute Gasteiger partial charge is 0.510 e. The lowest BCUT2D eigenvalue weighted by Gasteiger charge is -2.50. The fourth-order valence-corrected chi connectivity index (χ4v) is 5.86. The zero-order valence-corrected chi connectivity index (χ0v) is 20.6. The molecule has 1 amide bonds. The molecule has 1 aromatic rings. The topological polar surface area (TPSA) is 173 Å². The van der Waals surface area contributed by atoms with Crippen LogP contribution in [0, 0.1) is 11.8 Å². The highest BCUT2D eigenvalue weighted by molar-refractivity contribution is 6.24. The lowest BCUT2D eigenvalue weighted by atomic mass is 9.58. The molecule has 3 aliphatic carbocycles. The molecule has 0 fully saturated rings. The summed E-state index contributed by atoms with van der Waals surface area (Å²) in [5, 5.41) is 46.9. The van der Waals surface area contributed by atoms with Crippen LogP contribution in [0.25, 0.3) is 0 Å². The number of aliphatic hydroxyl groups excluding tert-OH is 2. The summed E-state index contributed by atoms with van der Waals surface area (Å²) in [4.78, 5) is 40.3. The van der Waals surface area contributed by atoms with Gasteiger partial charge in [-0.3, -0.25) is 19.3 Å². The van der Waals surface area contributed by atoms with Crippen LogP contribution in [0.3, 0.4) is 0 Å². The van der Waals surface area contributed by atoms with E-state index in [1.165, 1.54) is 25.1 Å². The molecule has 0 aliphatic heterocycles. The van der Waals surface area contributed by atoms with Crippen LogP contribution >= 0.6 is 0 Å². The van der Waals surface area contributed by atoms with Crippen LogP contribution in [-0.2, 0) is 22.6 Å². The van der Waals surface area contributed by atoms with E-state index in [4.69, 9.17) is 5.73 Å². The van der Waals surface area contributed by atoms with Gasteiger partial charge in [-0.2, -0.15) is 13.2 Å². The van der Waals surface area contributed by atoms with Crippen LogP contribution in [0.1, 0.15) is 34.3 Å². The second-order valence-electron chi connectivity index (χ2n) is 10.1. The first-order valence-corrected chi connectivity index (χ1v) is 11.9. The summed E-state index contributed by atoms with van der Waals surface area (Å²) >= 11 is 0. The van der Waals surface area contributed by atoms with Gasteiger partial charge < -0.3 is 31.5 Å². The molecular weight excluding hydrogens is 511 g/mol. The number of rotatable bonds is 6. The molecule has 206 valence electrons. The summed E-state index contributed by atoms with van der Waals surface area (Å²) in [5.41, 5.74) is 1.73. The Balaban J connectivity index is 1.76. The highest BCUT2D eigenvalue weighted by atomic mass is 19.4. The van der Waals surface area contributed by atoms with Gasteiger partial charge in [0.2, 0.25) is 5.78 Å². The van der Waals surface area contributed by atoms with Crippen LogP contribution in [0.4, 0.5) is 13.2 Å². The number of nitrogens with one attached hydrogen (secondary N) is 1. The summed E-state index contributed by atoms with van der Waals surface area (Å²) in [6.45, 7) is -0.577. The molecule has 4 rings (SSSR count). The Kier molecular flexibility index (Phi) is 6.83. The number of carbonyl (C=O) groups excluding carboxylic acids is 3. The van der Waals surface area contributed by atoms with Crippen molar-refractivity contribution < 1.29 is 48.0 Å². The Bertz CT molecular complexity index is 1290. The molecule has 0 saturated carbocycles. The number of likely N-dealkylation sites (N-methyl/N-ethyl adjacent to an activating group) is 1. The molecule has 38 heavy (non-hydrogen) atoms. The molecule has 0 spiro atoms. The summed E-state index contributed by atoms with van der Waals surface area (Å²) in [7, 11) is 3.07. The van der Waals surface area contributed by atoms with Gasteiger partial charge in [0.25, 0.3) is 5.91 Å². The predicted octanol–water partition coefficient (Wildman–Crippen LogP) is 1.16. The van der Waals surface area contributed by atoms with Gasteiger partial charge in [0, 0.05) is 30.1 Å². The zero-order chi connectivity index (χ0) is 28.3. The van der Waals surface area contributed by atoms with Crippen molar-refractivity contribution in [1.29, 1.82) is 0 Å². The van der Waals surface area contributed by atoms with Crippen LogP contribution in [0.15, 0.2) is 34.8 Å². The molecule has 10 nitrogen and oxygen atoms in total. The van der Waals surface area contributed by atoms with E-state index in [2.05, 4.69) is 5.32 Å². The third-order valence-electron chi connectivity index (χ3n) is 7.58. The van der Waals surface area contributed by atoms with Gasteiger partial charge >= 0.3 is 6.18 Å². The molecule has 3 aliphatic rings. The first kappa shape index (κ1) is 27.6. The maximum absolute atomic E-state index is 13.6. The third kappa shape index (κ3) is 4.24. The van der Waals surface area contributed by atoms with Crippen molar-refractivity contribution >= 4 is 17.5 Å². The van der Waals surface area contributed by atoms with Crippen molar-refractivity contribution in [1.82, 2.24) is 10.2 Å². The molecule has 7 N–H and O–H groups in total. The van der Waals surface area contributed by atoms with Crippen molar-refractivity contribution in [3.05, 3.63) is 51.5 Å². The van der Waals surface area contributed by atoms with Crippen molar-refractivity contribution in [3.8, 4) is 5.75 Å². The number of aliphatic hydroxyl groups is 3. The van der Waals surface area contributed by atoms with Crippen molar-refractivity contribution in [2.45, 2.75) is 43.6 Å². The van der Waals surface area contributed by atoms with Crippen molar-refractivity contribution in [2.24, 2.45) is 17.6 Å². The molecule has 0 bridgehead atoms.